The predicted octanol–water partition coefficient (Wildman–Crippen LogP) is 1.27. The summed E-state index contributed by atoms with van der Waals surface area (Å²) in [5, 5.41) is 20.5. The molecule has 1 heterocycles. The Morgan fingerprint density at radius 2 is 2.05 bits per heavy atom. The Balaban J connectivity index is 2.55. The topological polar surface area (TPSA) is 116 Å². The van der Waals surface area contributed by atoms with Gasteiger partial charge >= 0.3 is 0 Å². The average molecular weight is 315 g/mol. The normalized spacial score (nSPS) is 17.1. The second-order valence-corrected chi connectivity index (χ2v) is 6.38. The van der Waals surface area contributed by atoms with E-state index in [0.717, 1.165) is 12.3 Å². The number of nitro groups is 1. The molecule has 0 spiro atoms. The van der Waals surface area contributed by atoms with Crippen LogP contribution in [0.25, 0.3) is 5.57 Å². The molecule has 1 saturated heterocycles. The van der Waals surface area contributed by atoms with Crippen LogP contribution in [0.15, 0.2) is 29.4 Å². The zero-order valence-electron chi connectivity index (χ0n) is 11.1. The second-order valence-electron chi connectivity index (χ2n) is 4.37. The monoisotopic (exact) mass is 315 g/mol. The van der Waals surface area contributed by atoms with E-state index in [4.69, 9.17) is 9.47 Å². The number of aliphatic hydroxyl groups excluding tert-OH is 1. The Kier molecular flexibility index (Phi) is 4.26. The van der Waals surface area contributed by atoms with E-state index >= 15 is 0 Å². The molecule has 0 bridgehead atoms. The van der Waals surface area contributed by atoms with Crippen LogP contribution in [-0.4, -0.2) is 44.2 Å². The van der Waals surface area contributed by atoms with Gasteiger partial charge in [-0.2, -0.15) is 0 Å². The SMILES string of the molecule is CS(=O)(=O)c1ccc(/C(=C/O)C2OCCO2)c([N+](=O)[O-])c1. The van der Waals surface area contributed by atoms with E-state index in [1.54, 1.807) is 0 Å². The lowest BCUT2D eigenvalue weighted by Crippen LogP contribution is -2.12. The van der Waals surface area contributed by atoms with E-state index in [-0.39, 0.29) is 16.0 Å². The highest BCUT2D eigenvalue weighted by Crippen LogP contribution is 2.32. The molecule has 0 radical (unpaired) electrons. The summed E-state index contributed by atoms with van der Waals surface area (Å²) in [5.74, 6) is 0. The van der Waals surface area contributed by atoms with Gasteiger partial charge < -0.3 is 14.6 Å². The van der Waals surface area contributed by atoms with Gasteiger partial charge in [0.25, 0.3) is 5.69 Å². The average Bonchev–Trinajstić information content (AvgIpc) is 2.92. The summed E-state index contributed by atoms with van der Waals surface area (Å²) in [4.78, 5) is 10.3. The largest absolute Gasteiger partial charge is 0.515 e. The highest BCUT2D eigenvalue weighted by molar-refractivity contribution is 7.90. The molecule has 1 fully saturated rings. The fourth-order valence-corrected chi connectivity index (χ4v) is 2.57. The fraction of sp³-hybridized carbons (Fsp3) is 0.333. The van der Waals surface area contributed by atoms with Crippen LogP contribution in [0, 0.1) is 10.1 Å². The van der Waals surface area contributed by atoms with Gasteiger partial charge in [0.15, 0.2) is 16.1 Å². The third-order valence-corrected chi connectivity index (χ3v) is 4.03. The summed E-state index contributed by atoms with van der Waals surface area (Å²) in [6, 6.07) is 3.43. The number of rotatable bonds is 4. The summed E-state index contributed by atoms with van der Waals surface area (Å²) in [7, 11) is -3.58. The Hall–Kier alpha value is -1.97. The van der Waals surface area contributed by atoms with Crippen LogP contribution in [0.2, 0.25) is 0 Å². The number of hydrogen-bond acceptors (Lipinski definition) is 7. The minimum Gasteiger partial charge on any atom is -0.515 e. The van der Waals surface area contributed by atoms with Crippen molar-refractivity contribution < 1.29 is 27.9 Å². The van der Waals surface area contributed by atoms with Gasteiger partial charge in [-0.05, 0) is 12.1 Å². The van der Waals surface area contributed by atoms with Gasteiger partial charge in [0, 0.05) is 12.3 Å². The molecule has 0 aromatic heterocycles. The van der Waals surface area contributed by atoms with Crippen molar-refractivity contribution >= 4 is 21.1 Å². The molecular formula is C12H13NO7S. The molecule has 0 atom stereocenters. The Bertz CT molecular complexity index is 690. The van der Waals surface area contributed by atoms with Gasteiger partial charge in [0.05, 0.1) is 40.4 Å². The molecular weight excluding hydrogens is 302 g/mol. The van der Waals surface area contributed by atoms with Crippen molar-refractivity contribution in [1.82, 2.24) is 0 Å². The minimum absolute atomic E-state index is 0.0433. The van der Waals surface area contributed by atoms with Gasteiger partial charge in [0.2, 0.25) is 0 Å². The molecule has 1 aliphatic rings. The first-order valence-corrected chi connectivity index (χ1v) is 7.80. The number of nitrogens with zero attached hydrogens (tertiary/aromatic N) is 1. The van der Waals surface area contributed by atoms with E-state index in [1.807, 2.05) is 0 Å². The van der Waals surface area contributed by atoms with E-state index in [1.165, 1.54) is 12.1 Å². The maximum Gasteiger partial charge on any atom is 0.278 e. The lowest BCUT2D eigenvalue weighted by atomic mass is 10.0. The molecule has 114 valence electrons. The molecule has 2 rings (SSSR count). The molecule has 21 heavy (non-hydrogen) atoms. The van der Waals surface area contributed by atoms with Gasteiger partial charge in [-0.1, -0.05) is 0 Å². The van der Waals surface area contributed by atoms with Gasteiger partial charge in [-0.25, -0.2) is 8.42 Å². The number of ether oxygens (including phenoxy) is 2. The molecule has 1 N–H and O–H groups in total. The number of sulfone groups is 1. The summed E-state index contributed by atoms with van der Waals surface area (Å²) in [6.45, 7) is 0.606. The van der Waals surface area contributed by atoms with Crippen LogP contribution < -0.4 is 0 Å². The summed E-state index contributed by atoms with van der Waals surface area (Å²) < 4.78 is 33.4. The van der Waals surface area contributed by atoms with Crippen molar-refractivity contribution in [1.29, 1.82) is 0 Å². The van der Waals surface area contributed by atoms with Crippen molar-refractivity contribution in [2.24, 2.45) is 0 Å². The van der Waals surface area contributed by atoms with Crippen LogP contribution >= 0.6 is 0 Å². The molecule has 1 aromatic rings. The maximum absolute atomic E-state index is 11.5. The first-order valence-electron chi connectivity index (χ1n) is 5.91. The third kappa shape index (κ3) is 3.20. The number of aliphatic hydroxyl groups is 1. The standard InChI is InChI=1S/C12H13NO7S/c1-21(17,18)8-2-3-9(11(6-8)13(15)16)10(7-14)12-19-4-5-20-12/h2-3,6-7,12,14H,4-5H2,1H3/b10-7-. The smallest absolute Gasteiger partial charge is 0.278 e. The molecule has 1 aromatic carbocycles. The van der Waals surface area contributed by atoms with E-state index in [2.05, 4.69) is 0 Å². The summed E-state index contributed by atoms with van der Waals surface area (Å²) >= 11 is 0. The van der Waals surface area contributed by atoms with Crippen LogP contribution in [0.1, 0.15) is 5.56 Å². The molecule has 0 unspecified atom stereocenters. The van der Waals surface area contributed by atoms with Crippen molar-refractivity contribution in [2.45, 2.75) is 11.2 Å². The first kappa shape index (κ1) is 15.4. The fourth-order valence-electron chi connectivity index (χ4n) is 1.93. The lowest BCUT2D eigenvalue weighted by Gasteiger charge is -2.13. The minimum atomic E-state index is -3.58. The van der Waals surface area contributed by atoms with Crippen molar-refractivity contribution in [2.75, 3.05) is 19.5 Å². The van der Waals surface area contributed by atoms with Gasteiger partial charge in [-0.3, -0.25) is 10.1 Å². The molecule has 0 saturated carbocycles. The molecule has 8 nitrogen and oxygen atoms in total. The Morgan fingerprint density at radius 1 is 1.43 bits per heavy atom. The van der Waals surface area contributed by atoms with E-state index in [9.17, 15) is 23.6 Å². The zero-order chi connectivity index (χ0) is 15.6. The second kappa shape index (κ2) is 5.80. The lowest BCUT2D eigenvalue weighted by molar-refractivity contribution is -0.385. The van der Waals surface area contributed by atoms with Crippen molar-refractivity contribution in [3.05, 3.63) is 40.1 Å². The Labute approximate surface area is 120 Å². The van der Waals surface area contributed by atoms with Crippen LogP contribution in [0.3, 0.4) is 0 Å². The summed E-state index contributed by atoms with van der Waals surface area (Å²) in [6.07, 6.45) is 0.702. The molecule has 9 heteroatoms. The highest BCUT2D eigenvalue weighted by Gasteiger charge is 2.29. The van der Waals surface area contributed by atoms with Crippen LogP contribution in [0.5, 0.6) is 0 Å². The predicted molar refractivity (Wildman–Crippen MR) is 72.5 cm³/mol. The highest BCUT2D eigenvalue weighted by atomic mass is 32.2. The maximum atomic E-state index is 11.5. The van der Waals surface area contributed by atoms with Crippen LogP contribution in [-0.2, 0) is 19.3 Å². The summed E-state index contributed by atoms with van der Waals surface area (Å²) in [5.41, 5.74) is -0.335. The molecule has 0 aliphatic carbocycles. The molecule has 0 amide bonds. The van der Waals surface area contributed by atoms with Crippen molar-refractivity contribution in [3.8, 4) is 0 Å². The number of nitro benzene ring substituents is 1. The number of hydrogen-bond donors (Lipinski definition) is 1. The van der Waals surface area contributed by atoms with E-state index in [0.29, 0.717) is 19.5 Å². The van der Waals surface area contributed by atoms with Gasteiger partial charge in [0.1, 0.15) is 0 Å². The van der Waals surface area contributed by atoms with Gasteiger partial charge in [-0.15, -0.1) is 0 Å². The zero-order valence-corrected chi connectivity index (χ0v) is 11.9. The first-order chi connectivity index (χ1) is 9.84. The molecule has 1 aliphatic heterocycles. The third-order valence-electron chi connectivity index (χ3n) is 2.92. The van der Waals surface area contributed by atoms with E-state index < -0.39 is 26.7 Å². The quantitative estimate of drug-likeness (QED) is 0.505. The number of benzene rings is 1. The van der Waals surface area contributed by atoms with Crippen LogP contribution in [0.4, 0.5) is 5.69 Å². The van der Waals surface area contributed by atoms with Crippen molar-refractivity contribution in [3.63, 3.8) is 0 Å². The Morgan fingerprint density at radius 3 is 2.52 bits per heavy atom.